The number of amides is 1. The van der Waals surface area contributed by atoms with Crippen molar-refractivity contribution in [1.29, 1.82) is 0 Å². The topological polar surface area (TPSA) is 83.0 Å². The summed E-state index contributed by atoms with van der Waals surface area (Å²) in [4.78, 5) is 24.9. The molecule has 7 nitrogen and oxygen atoms in total. The van der Waals surface area contributed by atoms with Gasteiger partial charge in [0, 0.05) is 34.5 Å². The zero-order valence-electron chi connectivity index (χ0n) is 20.3. The van der Waals surface area contributed by atoms with Crippen LogP contribution in [0.15, 0.2) is 6.20 Å². The van der Waals surface area contributed by atoms with Crippen LogP contribution in [0, 0.1) is 0 Å². The van der Waals surface area contributed by atoms with Crippen LogP contribution in [0.4, 0.5) is 29.9 Å². The summed E-state index contributed by atoms with van der Waals surface area (Å²) < 4.78 is 86.0. The van der Waals surface area contributed by atoms with E-state index < -0.39 is 42.7 Å². The second-order valence-electron chi connectivity index (χ2n) is 5.86. The molecule has 3 rings (SSSR count). The van der Waals surface area contributed by atoms with E-state index >= 15 is 0 Å². The fraction of sp³-hybridized carbons (Fsp3) is 0.500. The van der Waals surface area contributed by atoms with E-state index in [0.717, 1.165) is 0 Å². The molecule has 152 valence electrons. The summed E-state index contributed by atoms with van der Waals surface area (Å²) in [6.45, 7) is -4.40. The maximum atomic E-state index is 13.2. The highest BCUT2D eigenvalue weighted by atomic mass is 35.5. The Labute approximate surface area is 176 Å². The Hall–Kier alpha value is -2.14. The standard InChI is InChI=1S/C16H18ClF3N6OS/c1-4-21-10-8(16(18,19)20)7-22-14(24-10)25-11-9(17)23-12(28-11)15(2)5-6-26(3)13(15)27/h7H,4-6H2,1-3H3,(H2,21,22,24,25)/t15-/m0/s1/i2D3,3D3. The zero-order valence-corrected chi connectivity index (χ0v) is 15.9. The van der Waals surface area contributed by atoms with Gasteiger partial charge in [-0.25, -0.2) is 9.97 Å². The average molecular weight is 441 g/mol. The SMILES string of the molecule is [2H]C([2H])([2H])N1CC[C@](c2nc(Cl)c(Nc3ncc(C(F)(F)F)c(NCC)n3)s2)(C([2H])([2H])[2H])C1=O. The molecule has 0 saturated carbocycles. The van der Waals surface area contributed by atoms with Gasteiger partial charge in [-0.15, -0.1) is 0 Å². The number of nitrogens with zero attached hydrogens (tertiary/aromatic N) is 4. The maximum Gasteiger partial charge on any atom is 0.421 e. The van der Waals surface area contributed by atoms with Crippen molar-refractivity contribution in [3.63, 3.8) is 0 Å². The Bertz CT molecular complexity index is 1090. The molecule has 1 aliphatic heterocycles. The Kier molecular flexibility index (Phi) is 3.66. The van der Waals surface area contributed by atoms with Crippen molar-refractivity contribution >= 4 is 45.6 Å². The Morgan fingerprint density at radius 3 is 2.86 bits per heavy atom. The molecule has 2 aromatic heterocycles. The highest BCUT2D eigenvalue weighted by Gasteiger charge is 2.45. The predicted octanol–water partition coefficient (Wildman–Crippen LogP) is 3.90. The lowest BCUT2D eigenvalue weighted by Crippen LogP contribution is -2.33. The normalized spacial score (nSPS) is 24.0. The minimum atomic E-state index is -4.70. The van der Waals surface area contributed by atoms with Gasteiger partial charge < -0.3 is 15.5 Å². The van der Waals surface area contributed by atoms with Crippen LogP contribution in [-0.2, 0) is 16.4 Å². The number of likely N-dealkylation sites (N-methyl/N-ethyl adjacent to an activating group) is 1. The smallest absolute Gasteiger partial charge is 0.370 e. The van der Waals surface area contributed by atoms with E-state index in [2.05, 4.69) is 25.6 Å². The number of rotatable bonds is 5. The molecule has 0 bridgehead atoms. The molecule has 1 atom stereocenters. The van der Waals surface area contributed by atoms with Crippen LogP contribution >= 0.6 is 22.9 Å². The number of carbonyl (C=O) groups excluding carboxylic acids is 1. The van der Waals surface area contributed by atoms with Crippen molar-refractivity contribution in [3.05, 3.63) is 21.9 Å². The lowest BCUT2D eigenvalue weighted by atomic mass is 9.90. The van der Waals surface area contributed by atoms with Gasteiger partial charge in [0.1, 0.15) is 21.4 Å². The van der Waals surface area contributed by atoms with Crippen molar-refractivity contribution in [1.82, 2.24) is 19.9 Å². The fourth-order valence-electron chi connectivity index (χ4n) is 2.53. The molecule has 1 amide bonds. The number of carbonyl (C=O) groups is 1. The summed E-state index contributed by atoms with van der Waals surface area (Å²) in [6, 6.07) is 0. The van der Waals surface area contributed by atoms with Crippen molar-refractivity contribution in [3.8, 4) is 0 Å². The van der Waals surface area contributed by atoms with E-state index in [0.29, 0.717) is 22.4 Å². The molecule has 12 heteroatoms. The summed E-state index contributed by atoms with van der Waals surface area (Å²) in [6.07, 6.45) is -4.47. The fourth-order valence-corrected chi connectivity index (χ4v) is 3.79. The molecular formula is C16H18ClF3N6OS. The van der Waals surface area contributed by atoms with Crippen molar-refractivity contribution in [2.75, 3.05) is 30.7 Å². The third kappa shape index (κ3) is 3.72. The number of nitrogens with one attached hydrogen (secondary N) is 2. The van der Waals surface area contributed by atoms with Gasteiger partial charge in [0.2, 0.25) is 11.9 Å². The average Bonchev–Trinajstić information content (AvgIpc) is 3.21. The number of alkyl halides is 3. The molecule has 1 aliphatic rings. The molecule has 0 unspecified atom stereocenters. The third-order valence-corrected chi connectivity index (χ3v) is 5.45. The van der Waals surface area contributed by atoms with Crippen LogP contribution in [0.5, 0.6) is 0 Å². The van der Waals surface area contributed by atoms with E-state index in [1.165, 1.54) is 0 Å². The van der Waals surface area contributed by atoms with E-state index in [9.17, 15) is 18.0 Å². The number of likely N-dealkylation sites (tertiary alicyclic amines) is 1. The second-order valence-corrected chi connectivity index (χ2v) is 7.22. The first-order valence-electron chi connectivity index (χ1n) is 11.0. The van der Waals surface area contributed by atoms with Crippen LogP contribution in [0.1, 0.15) is 39.0 Å². The monoisotopic (exact) mass is 440 g/mol. The molecule has 1 fully saturated rings. The van der Waals surface area contributed by atoms with E-state index in [1.54, 1.807) is 6.92 Å². The lowest BCUT2D eigenvalue weighted by Gasteiger charge is -2.18. The molecule has 0 aromatic carbocycles. The Balaban J connectivity index is 2.01. The summed E-state index contributed by atoms with van der Waals surface area (Å²) in [7, 11) is 0. The van der Waals surface area contributed by atoms with E-state index in [1.807, 2.05) is 0 Å². The number of hydrogen-bond acceptors (Lipinski definition) is 7. The molecule has 3 heterocycles. The first kappa shape index (κ1) is 13.9. The lowest BCUT2D eigenvalue weighted by molar-refractivity contribution is -0.137. The van der Waals surface area contributed by atoms with E-state index in [-0.39, 0.29) is 40.6 Å². The molecular weight excluding hydrogens is 417 g/mol. The van der Waals surface area contributed by atoms with Crippen molar-refractivity contribution in [2.24, 2.45) is 0 Å². The number of anilines is 3. The Morgan fingerprint density at radius 1 is 1.46 bits per heavy atom. The minimum absolute atomic E-state index is 0.0253. The highest BCUT2D eigenvalue weighted by molar-refractivity contribution is 7.16. The largest absolute Gasteiger partial charge is 0.421 e. The van der Waals surface area contributed by atoms with E-state index in [4.69, 9.17) is 19.8 Å². The highest BCUT2D eigenvalue weighted by Crippen LogP contribution is 2.42. The van der Waals surface area contributed by atoms with Gasteiger partial charge in [0.15, 0.2) is 5.15 Å². The predicted molar refractivity (Wildman–Crippen MR) is 101 cm³/mol. The summed E-state index contributed by atoms with van der Waals surface area (Å²) in [5, 5.41) is 4.52. The van der Waals surface area contributed by atoms with Crippen LogP contribution in [0.25, 0.3) is 0 Å². The molecule has 0 radical (unpaired) electrons. The Morgan fingerprint density at radius 2 is 2.25 bits per heavy atom. The van der Waals surface area contributed by atoms with Crippen LogP contribution in [0.2, 0.25) is 5.15 Å². The van der Waals surface area contributed by atoms with Gasteiger partial charge in [0.05, 0.1) is 5.41 Å². The molecule has 0 aliphatic carbocycles. The molecule has 0 spiro atoms. The first-order chi connectivity index (χ1) is 15.5. The van der Waals surface area contributed by atoms with Crippen LogP contribution in [-0.4, -0.2) is 45.8 Å². The molecule has 2 N–H and O–H groups in total. The van der Waals surface area contributed by atoms with Crippen molar-refractivity contribution < 1.29 is 26.2 Å². The van der Waals surface area contributed by atoms with Gasteiger partial charge >= 0.3 is 6.18 Å². The minimum Gasteiger partial charge on any atom is -0.370 e. The van der Waals surface area contributed by atoms with Crippen LogP contribution < -0.4 is 10.6 Å². The summed E-state index contributed by atoms with van der Waals surface area (Å²) >= 11 is 6.78. The van der Waals surface area contributed by atoms with Gasteiger partial charge in [-0.3, -0.25) is 4.79 Å². The number of aromatic nitrogens is 3. The quantitative estimate of drug-likeness (QED) is 0.733. The zero-order chi connectivity index (χ0) is 25.7. The van der Waals surface area contributed by atoms with Gasteiger partial charge in [0.25, 0.3) is 0 Å². The molecule has 1 saturated heterocycles. The second kappa shape index (κ2) is 7.36. The third-order valence-electron chi connectivity index (χ3n) is 3.94. The van der Waals surface area contributed by atoms with Crippen LogP contribution in [0.3, 0.4) is 0 Å². The maximum absolute atomic E-state index is 13.2. The van der Waals surface area contributed by atoms with Crippen molar-refractivity contribution in [2.45, 2.75) is 31.8 Å². The first-order valence-corrected chi connectivity index (χ1v) is 9.16. The molecule has 28 heavy (non-hydrogen) atoms. The van der Waals surface area contributed by atoms with Gasteiger partial charge in [-0.2, -0.15) is 18.2 Å². The number of thiazole rings is 1. The number of hydrogen-bond donors (Lipinski definition) is 2. The number of halogens is 4. The van der Waals surface area contributed by atoms with Gasteiger partial charge in [-0.1, -0.05) is 22.9 Å². The molecule has 2 aromatic rings. The summed E-state index contributed by atoms with van der Waals surface area (Å²) in [5.74, 6) is -1.90. The van der Waals surface area contributed by atoms with Gasteiger partial charge in [-0.05, 0) is 20.2 Å². The summed E-state index contributed by atoms with van der Waals surface area (Å²) in [5.41, 5.74) is -3.33.